The molecule has 1 amide bonds. The van der Waals surface area contributed by atoms with Crippen molar-refractivity contribution in [3.63, 3.8) is 0 Å². The highest BCUT2D eigenvalue weighted by atomic mass is 16.1. The van der Waals surface area contributed by atoms with E-state index in [0.29, 0.717) is 12.6 Å². The molecule has 1 atom stereocenters. The third-order valence-corrected chi connectivity index (χ3v) is 3.12. The molecule has 0 aromatic carbocycles. The van der Waals surface area contributed by atoms with E-state index in [1.165, 1.54) is 12.8 Å². The second kappa shape index (κ2) is 5.12. The zero-order chi connectivity index (χ0) is 11.4. The minimum Gasteiger partial charge on any atom is -0.358 e. The van der Waals surface area contributed by atoms with Crippen molar-refractivity contribution >= 4 is 5.91 Å². The van der Waals surface area contributed by atoms with Crippen LogP contribution in [-0.2, 0) is 4.79 Å². The van der Waals surface area contributed by atoms with E-state index >= 15 is 0 Å². The Kier molecular flexibility index (Phi) is 3.56. The standard InChI is InChI=1S/C11H18N4O/c1-12-11(16)8-15-7-3-2-4-10(15)9-5-6-13-14-9/h5-6,10H,2-4,7-8H2,1H3,(H,12,16)(H,13,14). The molecule has 2 heterocycles. The number of nitrogens with zero attached hydrogens (tertiary/aromatic N) is 2. The summed E-state index contributed by atoms with van der Waals surface area (Å²) < 4.78 is 0. The summed E-state index contributed by atoms with van der Waals surface area (Å²) in [5.41, 5.74) is 1.11. The molecule has 0 spiro atoms. The second-order valence-electron chi connectivity index (χ2n) is 4.17. The SMILES string of the molecule is CNC(=O)CN1CCCCC1c1ccn[nH]1. The molecule has 2 N–H and O–H groups in total. The molecule has 0 radical (unpaired) electrons. The predicted octanol–water partition coefficient (Wildman–Crippen LogP) is 0.683. The molecular weight excluding hydrogens is 204 g/mol. The Hall–Kier alpha value is -1.36. The van der Waals surface area contributed by atoms with Crippen LogP contribution in [0.25, 0.3) is 0 Å². The quantitative estimate of drug-likeness (QED) is 0.790. The van der Waals surface area contributed by atoms with Gasteiger partial charge in [-0.25, -0.2) is 0 Å². The molecular formula is C11H18N4O. The van der Waals surface area contributed by atoms with E-state index in [2.05, 4.69) is 20.4 Å². The molecule has 0 bridgehead atoms. The number of piperidine rings is 1. The van der Waals surface area contributed by atoms with E-state index in [4.69, 9.17) is 0 Å². The first-order valence-corrected chi connectivity index (χ1v) is 5.75. The number of H-pyrrole nitrogens is 1. The molecule has 0 aliphatic carbocycles. The predicted molar refractivity (Wildman–Crippen MR) is 60.8 cm³/mol. The lowest BCUT2D eigenvalue weighted by molar-refractivity contribution is -0.122. The molecule has 1 fully saturated rings. The fourth-order valence-electron chi connectivity index (χ4n) is 2.25. The van der Waals surface area contributed by atoms with Gasteiger partial charge in [0.2, 0.25) is 5.91 Å². The van der Waals surface area contributed by atoms with Gasteiger partial charge in [-0.1, -0.05) is 6.42 Å². The largest absolute Gasteiger partial charge is 0.358 e. The van der Waals surface area contributed by atoms with Crippen LogP contribution in [0.15, 0.2) is 12.3 Å². The first-order chi connectivity index (χ1) is 7.81. The smallest absolute Gasteiger partial charge is 0.233 e. The number of likely N-dealkylation sites (tertiary alicyclic amines) is 1. The van der Waals surface area contributed by atoms with Crippen molar-refractivity contribution in [1.29, 1.82) is 0 Å². The Morgan fingerprint density at radius 3 is 3.25 bits per heavy atom. The zero-order valence-electron chi connectivity index (χ0n) is 9.57. The molecule has 88 valence electrons. The van der Waals surface area contributed by atoms with Gasteiger partial charge < -0.3 is 5.32 Å². The Labute approximate surface area is 95.2 Å². The number of amides is 1. The molecule has 1 aromatic rings. The van der Waals surface area contributed by atoms with Crippen LogP contribution < -0.4 is 5.32 Å². The number of aromatic amines is 1. The van der Waals surface area contributed by atoms with E-state index in [0.717, 1.165) is 18.7 Å². The normalized spacial score (nSPS) is 21.9. The van der Waals surface area contributed by atoms with Crippen molar-refractivity contribution in [1.82, 2.24) is 20.4 Å². The third kappa shape index (κ3) is 2.41. The lowest BCUT2D eigenvalue weighted by Crippen LogP contribution is -2.40. The summed E-state index contributed by atoms with van der Waals surface area (Å²) in [6, 6.07) is 2.31. The first kappa shape index (κ1) is 11.1. The van der Waals surface area contributed by atoms with Crippen molar-refractivity contribution in [3.05, 3.63) is 18.0 Å². The summed E-state index contributed by atoms with van der Waals surface area (Å²) in [6.07, 6.45) is 5.25. The van der Waals surface area contributed by atoms with Gasteiger partial charge in [-0.3, -0.25) is 14.8 Å². The number of rotatable bonds is 3. The molecule has 16 heavy (non-hydrogen) atoms. The van der Waals surface area contributed by atoms with Crippen LogP contribution in [0.1, 0.15) is 31.0 Å². The lowest BCUT2D eigenvalue weighted by atomic mass is 9.99. The number of likely N-dealkylation sites (N-methyl/N-ethyl adjacent to an activating group) is 1. The summed E-state index contributed by atoms with van der Waals surface area (Å²) in [4.78, 5) is 13.6. The van der Waals surface area contributed by atoms with Crippen LogP contribution in [0, 0.1) is 0 Å². The van der Waals surface area contributed by atoms with Gasteiger partial charge in [0.1, 0.15) is 0 Å². The molecule has 5 heteroatoms. The fraction of sp³-hybridized carbons (Fsp3) is 0.636. The molecule has 0 saturated carbocycles. The molecule has 1 unspecified atom stereocenters. The average molecular weight is 222 g/mol. The molecule has 1 aliphatic heterocycles. The van der Waals surface area contributed by atoms with Gasteiger partial charge in [0.25, 0.3) is 0 Å². The minimum atomic E-state index is 0.0754. The Morgan fingerprint density at radius 2 is 2.56 bits per heavy atom. The maximum Gasteiger partial charge on any atom is 0.233 e. The molecule has 1 aromatic heterocycles. The van der Waals surface area contributed by atoms with E-state index in [1.807, 2.05) is 6.07 Å². The third-order valence-electron chi connectivity index (χ3n) is 3.12. The second-order valence-corrected chi connectivity index (χ2v) is 4.17. The van der Waals surface area contributed by atoms with E-state index in [1.54, 1.807) is 13.2 Å². The maximum atomic E-state index is 11.4. The van der Waals surface area contributed by atoms with Gasteiger partial charge in [-0.2, -0.15) is 5.10 Å². The van der Waals surface area contributed by atoms with Crippen LogP contribution >= 0.6 is 0 Å². The van der Waals surface area contributed by atoms with Gasteiger partial charge in [-0.15, -0.1) is 0 Å². The van der Waals surface area contributed by atoms with Crippen molar-refractivity contribution in [3.8, 4) is 0 Å². The van der Waals surface area contributed by atoms with Gasteiger partial charge >= 0.3 is 0 Å². The monoisotopic (exact) mass is 222 g/mol. The van der Waals surface area contributed by atoms with E-state index in [9.17, 15) is 4.79 Å². The molecule has 2 rings (SSSR count). The number of hydrogen-bond acceptors (Lipinski definition) is 3. The number of nitrogens with one attached hydrogen (secondary N) is 2. The summed E-state index contributed by atoms with van der Waals surface area (Å²) in [5, 5.41) is 9.66. The molecule has 1 aliphatic rings. The summed E-state index contributed by atoms with van der Waals surface area (Å²) in [5.74, 6) is 0.0754. The molecule has 1 saturated heterocycles. The number of hydrogen-bond donors (Lipinski definition) is 2. The van der Waals surface area contributed by atoms with Crippen LogP contribution in [0.4, 0.5) is 0 Å². The van der Waals surface area contributed by atoms with Crippen LogP contribution in [0.2, 0.25) is 0 Å². The van der Waals surface area contributed by atoms with Crippen molar-refractivity contribution in [2.45, 2.75) is 25.3 Å². The van der Waals surface area contributed by atoms with Crippen molar-refractivity contribution in [2.24, 2.45) is 0 Å². The first-order valence-electron chi connectivity index (χ1n) is 5.75. The number of carbonyl (C=O) groups is 1. The zero-order valence-corrected chi connectivity index (χ0v) is 9.57. The maximum absolute atomic E-state index is 11.4. The minimum absolute atomic E-state index is 0.0754. The Bertz CT molecular complexity index is 336. The molecule has 5 nitrogen and oxygen atoms in total. The summed E-state index contributed by atoms with van der Waals surface area (Å²) >= 11 is 0. The average Bonchev–Trinajstić information content (AvgIpc) is 2.83. The number of carbonyl (C=O) groups excluding carboxylic acids is 1. The van der Waals surface area contributed by atoms with Gasteiger partial charge in [0.15, 0.2) is 0 Å². The van der Waals surface area contributed by atoms with Gasteiger partial charge in [-0.05, 0) is 25.5 Å². The van der Waals surface area contributed by atoms with E-state index in [-0.39, 0.29) is 5.91 Å². The Balaban J connectivity index is 2.05. The number of aromatic nitrogens is 2. The Morgan fingerprint density at radius 1 is 1.69 bits per heavy atom. The van der Waals surface area contributed by atoms with E-state index < -0.39 is 0 Å². The fourth-order valence-corrected chi connectivity index (χ4v) is 2.25. The topological polar surface area (TPSA) is 61.0 Å². The lowest BCUT2D eigenvalue weighted by Gasteiger charge is -2.34. The summed E-state index contributed by atoms with van der Waals surface area (Å²) in [6.45, 7) is 1.46. The van der Waals surface area contributed by atoms with Crippen molar-refractivity contribution < 1.29 is 4.79 Å². The highest BCUT2D eigenvalue weighted by molar-refractivity contribution is 5.77. The van der Waals surface area contributed by atoms with Crippen LogP contribution in [-0.4, -0.2) is 41.1 Å². The van der Waals surface area contributed by atoms with Gasteiger partial charge in [0, 0.05) is 13.2 Å². The highest BCUT2D eigenvalue weighted by Crippen LogP contribution is 2.28. The summed E-state index contributed by atoms with van der Waals surface area (Å²) in [7, 11) is 1.68. The van der Waals surface area contributed by atoms with Gasteiger partial charge in [0.05, 0.1) is 18.3 Å². The van der Waals surface area contributed by atoms with Crippen LogP contribution in [0.5, 0.6) is 0 Å². The highest BCUT2D eigenvalue weighted by Gasteiger charge is 2.25. The van der Waals surface area contributed by atoms with Crippen molar-refractivity contribution in [2.75, 3.05) is 20.1 Å². The van der Waals surface area contributed by atoms with Crippen LogP contribution in [0.3, 0.4) is 0 Å².